The number of nitrogens with one attached hydrogen (secondary N) is 1. The highest BCUT2D eigenvalue weighted by Crippen LogP contribution is 2.22. The van der Waals surface area contributed by atoms with Crippen LogP contribution >= 0.6 is 0 Å². The molecule has 0 saturated carbocycles. The Hall–Kier alpha value is -3.15. The van der Waals surface area contributed by atoms with Crippen LogP contribution in [0.3, 0.4) is 0 Å². The zero-order valence-electron chi connectivity index (χ0n) is 14.9. The minimum atomic E-state index is -0.387. The Balaban J connectivity index is 1.44. The van der Waals surface area contributed by atoms with E-state index in [2.05, 4.69) is 15.1 Å². The lowest BCUT2D eigenvalue weighted by molar-refractivity contribution is 0.0766. The Morgan fingerprint density at radius 1 is 0.963 bits per heavy atom. The number of H-pyrrole nitrogens is 1. The quantitative estimate of drug-likeness (QED) is 0.773. The van der Waals surface area contributed by atoms with E-state index in [-0.39, 0.29) is 11.7 Å². The third-order valence-corrected chi connectivity index (χ3v) is 4.83. The fourth-order valence-electron chi connectivity index (χ4n) is 3.39. The van der Waals surface area contributed by atoms with Crippen LogP contribution in [0.25, 0.3) is 11.3 Å². The molecule has 1 fully saturated rings. The van der Waals surface area contributed by atoms with Gasteiger partial charge in [-0.1, -0.05) is 36.4 Å². The van der Waals surface area contributed by atoms with Gasteiger partial charge in [0.2, 0.25) is 0 Å². The number of hydrogen-bond acceptors (Lipinski definition) is 3. The van der Waals surface area contributed by atoms with Crippen LogP contribution < -0.4 is 4.90 Å². The van der Waals surface area contributed by atoms with Crippen molar-refractivity contribution in [1.29, 1.82) is 0 Å². The molecule has 2 heterocycles. The topological polar surface area (TPSA) is 52.2 Å². The highest BCUT2D eigenvalue weighted by atomic mass is 19.1. The summed E-state index contributed by atoms with van der Waals surface area (Å²) in [6.45, 7) is 2.76. The first-order chi connectivity index (χ1) is 13.2. The minimum Gasteiger partial charge on any atom is -0.353 e. The van der Waals surface area contributed by atoms with E-state index in [9.17, 15) is 9.18 Å². The number of carbonyl (C=O) groups excluding carboxylic acids is 1. The lowest BCUT2D eigenvalue weighted by Crippen LogP contribution is -2.35. The molecule has 1 N–H and O–H groups in total. The molecular formula is C21H21FN4O. The second-order valence-corrected chi connectivity index (χ2v) is 6.65. The maximum atomic E-state index is 13.4. The van der Waals surface area contributed by atoms with Crippen LogP contribution in [0.1, 0.15) is 16.8 Å². The number of anilines is 1. The van der Waals surface area contributed by atoms with E-state index in [0.717, 1.165) is 30.0 Å². The molecule has 0 aliphatic carbocycles. The van der Waals surface area contributed by atoms with Gasteiger partial charge in [-0.3, -0.25) is 9.89 Å². The van der Waals surface area contributed by atoms with E-state index >= 15 is 0 Å². The van der Waals surface area contributed by atoms with E-state index in [4.69, 9.17) is 0 Å². The standard InChI is InChI=1S/C21H21FN4O/c22-18-9-4-8-17(14-18)21(27)26-11-5-10-25(12-13-26)20-15-19(23-24-20)16-6-2-1-3-7-16/h1-4,6-9,14-15H,5,10-13H2,(H,23,24). The summed E-state index contributed by atoms with van der Waals surface area (Å²) in [4.78, 5) is 16.6. The number of amides is 1. The molecule has 0 atom stereocenters. The molecule has 5 nitrogen and oxygen atoms in total. The number of rotatable bonds is 3. The van der Waals surface area contributed by atoms with Crippen LogP contribution in [-0.2, 0) is 0 Å². The van der Waals surface area contributed by atoms with Gasteiger partial charge in [0.15, 0.2) is 5.82 Å². The minimum absolute atomic E-state index is 0.122. The Labute approximate surface area is 157 Å². The van der Waals surface area contributed by atoms with Crippen LogP contribution in [-0.4, -0.2) is 47.2 Å². The number of hydrogen-bond donors (Lipinski definition) is 1. The fraction of sp³-hybridized carbons (Fsp3) is 0.238. The normalized spacial score (nSPS) is 14.9. The van der Waals surface area contributed by atoms with Gasteiger partial charge in [-0.15, -0.1) is 0 Å². The van der Waals surface area contributed by atoms with Crippen LogP contribution in [0.5, 0.6) is 0 Å². The van der Waals surface area contributed by atoms with E-state index < -0.39 is 0 Å². The molecule has 1 amide bonds. The van der Waals surface area contributed by atoms with E-state index in [1.165, 1.54) is 12.1 Å². The van der Waals surface area contributed by atoms with Crippen molar-refractivity contribution < 1.29 is 9.18 Å². The summed E-state index contributed by atoms with van der Waals surface area (Å²) in [6, 6.07) is 18.0. The zero-order chi connectivity index (χ0) is 18.6. The average molecular weight is 364 g/mol. The number of aromatic amines is 1. The SMILES string of the molecule is O=C(c1cccc(F)c1)N1CCCN(c2cc(-c3ccccc3)[nH]n2)CC1. The summed E-state index contributed by atoms with van der Waals surface area (Å²) in [6.07, 6.45) is 0.842. The summed E-state index contributed by atoms with van der Waals surface area (Å²) >= 11 is 0. The predicted molar refractivity (Wildman–Crippen MR) is 103 cm³/mol. The second kappa shape index (κ2) is 7.61. The van der Waals surface area contributed by atoms with Crippen molar-refractivity contribution in [2.24, 2.45) is 0 Å². The number of halogens is 1. The molecule has 3 aromatic rings. The van der Waals surface area contributed by atoms with Crippen LogP contribution in [0.4, 0.5) is 10.2 Å². The molecule has 27 heavy (non-hydrogen) atoms. The van der Waals surface area contributed by atoms with Crippen molar-refractivity contribution >= 4 is 11.7 Å². The largest absolute Gasteiger partial charge is 0.353 e. The second-order valence-electron chi connectivity index (χ2n) is 6.65. The van der Waals surface area contributed by atoms with Gasteiger partial charge in [0.1, 0.15) is 5.82 Å². The maximum absolute atomic E-state index is 13.4. The van der Waals surface area contributed by atoms with E-state index in [0.29, 0.717) is 25.2 Å². The summed E-state index contributed by atoms with van der Waals surface area (Å²) in [5.74, 6) is 0.375. The zero-order valence-corrected chi connectivity index (χ0v) is 14.9. The van der Waals surface area contributed by atoms with Crippen molar-refractivity contribution in [2.45, 2.75) is 6.42 Å². The molecule has 138 valence electrons. The van der Waals surface area contributed by atoms with Gasteiger partial charge in [-0.05, 0) is 30.2 Å². The molecule has 1 aliphatic rings. The van der Waals surface area contributed by atoms with Crippen LogP contribution in [0, 0.1) is 5.82 Å². The summed E-state index contributed by atoms with van der Waals surface area (Å²) in [7, 11) is 0. The number of benzene rings is 2. The molecule has 0 radical (unpaired) electrons. The number of aromatic nitrogens is 2. The van der Waals surface area contributed by atoms with Crippen molar-refractivity contribution in [2.75, 3.05) is 31.1 Å². The Morgan fingerprint density at radius 3 is 2.63 bits per heavy atom. The lowest BCUT2D eigenvalue weighted by Gasteiger charge is -2.22. The van der Waals surface area contributed by atoms with E-state index in [1.54, 1.807) is 17.0 Å². The molecule has 0 bridgehead atoms. The van der Waals surface area contributed by atoms with Crippen LogP contribution in [0.2, 0.25) is 0 Å². The molecule has 1 aromatic heterocycles. The highest BCUT2D eigenvalue weighted by molar-refractivity contribution is 5.94. The third kappa shape index (κ3) is 3.84. The molecule has 0 spiro atoms. The fourth-order valence-corrected chi connectivity index (χ4v) is 3.39. The molecule has 1 saturated heterocycles. The molecular weight excluding hydrogens is 343 g/mol. The summed E-state index contributed by atoms with van der Waals surface area (Å²) in [5.41, 5.74) is 2.46. The molecule has 0 unspecified atom stereocenters. The first-order valence-electron chi connectivity index (χ1n) is 9.11. The number of carbonyl (C=O) groups is 1. The Kier molecular flexibility index (Phi) is 4.87. The Morgan fingerprint density at radius 2 is 1.81 bits per heavy atom. The highest BCUT2D eigenvalue weighted by Gasteiger charge is 2.22. The van der Waals surface area contributed by atoms with Crippen LogP contribution in [0.15, 0.2) is 60.7 Å². The van der Waals surface area contributed by atoms with Gasteiger partial charge in [-0.25, -0.2) is 4.39 Å². The smallest absolute Gasteiger partial charge is 0.254 e. The maximum Gasteiger partial charge on any atom is 0.254 e. The van der Waals surface area contributed by atoms with Crippen molar-refractivity contribution in [3.05, 3.63) is 72.0 Å². The molecule has 4 rings (SSSR count). The first-order valence-corrected chi connectivity index (χ1v) is 9.11. The molecule has 2 aromatic carbocycles. The lowest BCUT2D eigenvalue weighted by atomic mass is 10.1. The average Bonchev–Trinajstić information content (AvgIpc) is 3.06. The monoisotopic (exact) mass is 364 g/mol. The van der Waals surface area contributed by atoms with Gasteiger partial charge in [-0.2, -0.15) is 5.10 Å². The van der Waals surface area contributed by atoms with Crippen molar-refractivity contribution in [3.63, 3.8) is 0 Å². The predicted octanol–water partition coefficient (Wildman–Crippen LogP) is 3.57. The van der Waals surface area contributed by atoms with Gasteiger partial charge in [0.05, 0.1) is 5.69 Å². The summed E-state index contributed by atoms with van der Waals surface area (Å²) < 4.78 is 13.4. The van der Waals surface area contributed by atoms with Gasteiger partial charge >= 0.3 is 0 Å². The Bertz CT molecular complexity index is 925. The van der Waals surface area contributed by atoms with E-state index in [1.807, 2.05) is 36.4 Å². The molecule has 1 aliphatic heterocycles. The van der Waals surface area contributed by atoms with Crippen molar-refractivity contribution in [1.82, 2.24) is 15.1 Å². The third-order valence-electron chi connectivity index (χ3n) is 4.83. The summed E-state index contributed by atoms with van der Waals surface area (Å²) in [5, 5.41) is 7.54. The number of nitrogens with zero attached hydrogens (tertiary/aromatic N) is 3. The van der Waals surface area contributed by atoms with Gasteiger partial charge in [0, 0.05) is 37.8 Å². The van der Waals surface area contributed by atoms with Gasteiger partial charge in [0.25, 0.3) is 5.91 Å². The first kappa shape index (κ1) is 17.3. The molecule has 6 heteroatoms. The van der Waals surface area contributed by atoms with Gasteiger partial charge < -0.3 is 9.80 Å². The van der Waals surface area contributed by atoms with Crippen molar-refractivity contribution in [3.8, 4) is 11.3 Å².